The molecule has 0 bridgehead atoms. The van der Waals surface area contributed by atoms with Crippen molar-refractivity contribution in [1.29, 1.82) is 0 Å². The quantitative estimate of drug-likeness (QED) is 0.280. The van der Waals surface area contributed by atoms with Crippen molar-refractivity contribution in [3.8, 4) is 11.1 Å². The molecule has 0 spiro atoms. The lowest BCUT2D eigenvalue weighted by atomic mass is 9.78. The summed E-state index contributed by atoms with van der Waals surface area (Å²) >= 11 is 1.88. The van der Waals surface area contributed by atoms with Gasteiger partial charge in [-0.2, -0.15) is 0 Å². The molecule has 160 valence electrons. The Balaban J connectivity index is 1.40. The van der Waals surface area contributed by atoms with Gasteiger partial charge >= 0.3 is 0 Å². The SMILES string of the molecule is CCC(C)(CC)c1ccc(Nc2ccc(-c3cccc4c3sc3ccccc34)cc2)cc1. The van der Waals surface area contributed by atoms with E-state index in [0.717, 1.165) is 24.2 Å². The molecule has 0 aliphatic heterocycles. The van der Waals surface area contributed by atoms with Crippen LogP contribution in [0.5, 0.6) is 0 Å². The second kappa shape index (κ2) is 8.44. The van der Waals surface area contributed by atoms with E-state index in [4.69, 9.17) is 0 Å². The van der Waals surface area contributed by atoms with E-state index in [-0.39, 0.29) is 5.41 Å². The summed E-state index contributed by atoms with van der Waals surface area (Å²) in [5.41, 5.74) is 6.47. The Kier molecular flexibility index (Phi) is 5.48. The van der Waals surface area contributed by atoms with Gasteiger partial charge in [-0.1, -0.05) is 81.4 Å². The first-order chi connectivity index (χ1) is 15.6. The lowest BCUT2D eigenvalue weighted by Crippen LogP contribution is -2.19. The second-order valence-corrected chi connectivity index (χ2v) is 9.88. The van der Waals surface area contributed by atoms with Gasteiger partial charge in [0.1, 0.15) is 0 Å². The highest BCUT2D eigenvalue weighted by Crippen LogP contribution is 2.40. The highest BCUT2D eigenvalue weighted by Gasteiger charge is 2.21. The summed E-state index contributed by atoms with van der Waals surface area (Å²) in [5, 5.41) is 6.25. The van der Waals surface area contributed by atoms with Gasteiger partial charge in [0.25, 0.3) is 0 Å². The molecule has 5 aromatic rings. The molecule has 0 amide bonds. The third-order valence-corrected chi connectivity index (χ3v) is 8.25. The number of benzene rings is 4. The molecule has 0 fully saturated rings. The number of nitrogens with one attached hydrogen (secondary N) is 1. The van der Waals surface area contributed by atoms with Crippen LogP contribution in [0, 0.1) is 0 Å². The average Bonchev–Trinajstić information content (AvgIpc) is 3.23. The molecule has 1 nitrogen and oxygen atoms in total. The van der Waals surface area contributed by atoms with Crippen LogP contribution < -0.4 is 5.32 Å². The summed E-state index contributed by atoms with van der Waals surface area (Å²) < 4.78 is 2.71. The predicted octanol–water partition coefficient (Wildman–Crippen LogP) is 9.54. The molecule has 1 aromatic heterocycles. The van der Waals surface area contributed by atoms with Crippen LogP contribution >= 0.6 is 11.3 Å². The van der Waals surface area contributed by atoms with Crippen molar-refractivity contribution in [2.75, 3.05) is 5.32 Å². The van der Waals surface area contributed by atoms with E-state index in [1.54, 1.807) is 0 Å². The van der Waals surface area contributed by atoms with E-state index in [0.29, 0.717) is 0 Å². The number of anilines is 2. The highest BCUT2D eigenvalue weighted by atomic mass is 32.1. The normalized spacial score (nSPS) is 11.8. The Morgan fingerprint density at radius 2 is 1.31 bits per heavy atom. The molecular formula is C30H29NS. The molecule has 0 aliphatic carbocycles. The molecule has 1 heterocycles. The van der Waals surface area contributed by atoms with Gasteiger partial charge in [0.2, 0.25) is 0 Å². The molecular weight excluding hydrogens is 406 g/mol. The van der Waals surface area contributed by atoms with Crippen LogP contribution in [0.2, 0.25) is 0 Å². The van der Waals surface area contributed by atoms with E-state index < -0.39 is 0 Å². The molecule has 4 aromatic carbocycles. The Morgan fingerprint density at radius 1 is 0.688 bits per heavy atom. The monoisotopic (exact) mass is 435 g/mol. The van der Waals surface area contributed by atoms with Gasteiger partial charge in [0.15, 0.2) is 0 Å². The van der Waals surface area contributed by atoms with E-state index in [9.17, 15) is 0 Å². The number of thiophene rings is 1. The van der Waals surface area contributed by atoms with Crippen LogP contribution in [0.1, 0.15) is 39.2 Å². The number of fused-ring (bicyclic) bond motifs is 3. The summed E-state index contributed by atoms with van der Waals surface area (Å²) in [6.07, 6.45) is 2.31. The first-order valence-corrected chi connectivity index (χ1v) is 12.3. The lowest BCUT2D eigenvalue weighted by molar-refractivity contribution is 0.439. The van der Waals surface area contributed by atoms with E-state index in [1.165, 1.54) is 36.9 Å². The molecule has 0 unspecified atom stereocenters. The van der Waals surface area contributed by atoms with Crippen molar-refractivity contribution < 1.29 is 0 Å². The molecule has 0 radical (unpaired) electrons. The molecule has 0 saturated heterocycles. The van der Waals surface area contributed by atoms with Gasteiger partial charge < -0.3 is 5.32 Å². The van der Waals surface area contributed by atoms with Crippen molar-refractivity contribution in [1.82, 2.24) is 0 Å². The minimum Gasteiger partial charge on any atom is -0.356 e. The maximum absolute atomic E-state index is 3.56. The van der Waals surface area contributed by atoms with Crippen molar-refractivity contribution in [2.45, 2.75) is 39.0 Å². The average molecular weight is 436 g/mol. The van der Waals surface area contributed by atoms with Crippen LogP contribution in [0.3, 0.4) is 0 Å². The lowest BCUT2D eigenvalue weighted by Gasteiger charge is -2.27. The summed E-state index contributed by atoms with van der Waals surface area (Å²) in [4.78, 5) is 0. The second-order valence-electron chi connectivity index (χ2n) is 8.83. The fourth-order valence-electron chi connectivity index (χ4n) is 4.49. The van der Waals surface area contributed by atoms with Crippen LogP contribution in [0.15, 0.2) is 91.0 Å². The van der Waals surface area contributed by atoms with Gasteiger partial charge in [0.05, 0.1) is 0 Å². The summed E-state index contributed by atoms with van der Waals surface area (Å²) in [7, 11) is 0. The molecule has 2 heteroatoms. The molecule has 5 rings (SSSR count). The molecule has 0 atom stereocenters. The Hall–Kier alpha value is -3.10. The van der Waals surface area contributed by atoms with Crippen LogP contribution in [-0.2, 0) is 5.41 Å². The Labute approximate surface area is 194 Å². The molecule has 0 saturated carbocycles. The summed E-state index contributed by atoms with van der Waals surface area (Å²) in [6.45, 7) is 6.90. The van der Waals surface area contributed by atoms with Gasteiger partial charge in [-0.25, -0.2) is 0 Å². The van der Waals surface area contributed by atoms with Crippen LogP contribution in [0.4, 0.5) is 11.4 Å². The summed E-state index contributed by atoms with van der Waals surface area (Å²) in [6, 6.07) is 33.1. The van der Waals surface area contributed by atoms with Crippen molar-refractivity contribution in [3.05, 3.63) is 96.6 Å². The fraction of sp³-hybridized carbons (Fsp3) is 0.200. The van der Waals surface area contributed by atoms with E-state index in [1.807, 2.05) is 11.3 Å². The first kappa shape index (κ1) is 20.8. The summed E-state index contributed by atoms with van der Waals surface area (Å²) in [5.74, 6) is 0. The van der Waals surface area contributed by atoms with E-state index in [2.05, 4.69) is 117 Å². The topological polar surface area (TPSA) is 12.0 Å². The van der Waals surface area contributed by atoms with Crippen molar-refractivity contribution in [3.63, 3.8) is 0 Å². The van der Waals surface area contributed by atoms with Gasteiger partial charge in [0, 0.05) is 31.5 Å². The van der Waals surface area contributed by atoms with Gasteiger partial charge in [-0.05, 0) is 65.3 Å². The zero-order chi connectivity index (χ0) is 22.1. The van der Waals surface area contributed by atoms with Crippen molar-refractivity contribution in [2.24, 2.45) is 0 Å². The fourth-order valence-corrected chi connectivity index (χ4v) is 5.73. The third kappa shape index (κ3) is 3.69. The van der Waals surface area contributed by atoms with Gasteiger partial charge in [-0.3, -0.25) is 0 Å². The zero-order valence-electron chi connectivity index (χ0n) is 19.0. The smallest absolute Gasteiger partial charge is 0.0433 e. The molecule has 1 N–H and O–H groups in total. The predicted molar refractivity (Wildman–Crippen MR) is 142 cm³/mol. The maximum atomic E-state index is 3.56. The highest BCUT2D eigenvalue weighted by molar-refractivity contribution is 7.26. The standard InChI is InChI=1S/C30H29NS/c1-4-30(3,5-2)22-15-19-24(20-16-22)31-23-17-13-21(14-18-23)25-10-8-11-27-26-9-6-7-12-28(26)32-29(25)27/h6-20,31H,4-5H2,1-3H3. The first-order valence-electron chi connectivity index (χ1n) is 11.5. The minimum atomic E-state index is 0.258. The molecule has 32 heavy (non-hydrogen) atoms. The number of hydrogen-bond acceptors (Lipinski definition) is 2. The Morgan fingerprint density at radius 3 is 2.00 bits per heavy atom. The van der Waals surface area contributed by atoms with E-state index >= 15 is 0 Å². The maximum Gasteiger partial charge on any atom is 0.0433 e. The molecule has 0 aliphatic rings. The van der Waals surface area contributed by atoms with Gasteiger partial charge in [-0.15, -0.1) is 11.3 Å². The largest absolute Gasteiger partial charge is 0.356 e. The minimum absolute atomic E-state index is 0.258. The van der Waals surface area contributed by atoms with Crippen LogP contribution in [0.25, 0.3) is 31.3 Å². The van der Waals surface area contributed by atoms with Crippen molar-refractivity contribution >= 4 is 42.9 Å². The number of rotatable bonds is 6. The Bertz CT molecular complexity index is 1360. The zero-order valence-corrected chi connectivity index (χ0v) is 19.8. The number of hydrogen-bond donors (Lipinski definition) is 1. The third-order valence-electron chi connectivity index (χ3n) is 7.03. The van der Waals surface area contributed by atoms with Crippen LogP contribution in [-0.4, -0.2) is 0 Å².